The van der Waals surface area contributed by atoms with Crippen LogP contribution in [0.4, 0.5) is 0 Å². The van der Waals surface area contributed by atoms with Gasteiger partial charge < -0.3 is 9.47 Å². The molecular formula is C15H18O3. The molecule has 0 heterocycles. The fraction of sp³-hybridized carbons (Fsp3) is 0.267. The minimum Gasteiger partial charge on any atom is -0.497 e. The molecule has 0 spiro atoms. The number of methoxy groups -OCH3 is 1. The molecule has 0 aliphatic rings. The van der Waals surface area contributed by atoms with Crippen LogP contribution in [0.2, 0.25) is 0 Å². The third-order valence-electron chi connectivity index (χ3n) is 2.33. The Balaban J connectivity index is 2.69. The van der Waals surface area contributed by atoms with Gasteiger partial charge in [-0.05, 0) is 31.5 Å². The Morgan fingerprint density at radius 3 is 2.83 bits per heavy atom. The SMILES string of the molecule is CCOC(=O)/C(C)=C/C=C/c1cccc(OC)c1. The van der Waals surface area contributed by atoms with Crippen molar-refractivity contribution in [2.24, 2.45) is 0 Å². The summed E-state index contributed by atoms with van der Waals surface area (Å²) >= 11 is 0. The van der Waals surface area contributed by atoms with E-state index in [1.54, 1.807) is 27.0 Å². The van der Waals surface area contributed by atoms with E-state index in [2.05, 4.69) is 0 Å². The summed E-state index contributed by atoms with van der Waals surface area (Å²) in [5.74, 6) is 0.524. The second-order valence-electron chi connectivity index (χ2n) is 3.71. The van der Waals surface area contributed by atoms with Crippen LogP contribution in [0.5, 0.6) is 5.75 Å². The number of benzene rings is 1. The average Bonchev–Trinajstić information content (AvgIpc) is 2.39. The van der Waals surface area contributed by atoms with Crippen molar-refractivity contribution < 1.29 is 14.3 Å². The van der Waals surface area contributed by atoms with Crippen molar-refractivity contribution in [3.63, 3.8) is 0 Å². The van der Waals surface area contributed by atoms with Crippen molar-refractivity contribution in [1.82, 2.24) is 0 Å². The zero-order valence-electron chi connectivity index (χ0n) is 11.0. The third-order valence-corrected chi connectivity index (χ3v) is 2.33. The lowest BCUT2D eigenvalue weighted by molar-refractivity contribution is -0.138. The molecule has 0 saturated carbocycles. The summed E-state index contributed by atoms with van der Waals surface area (Å²) < 4.78 is 10.0. The van der Waals surface area contributed by atoms with Crippen LogP contribution in [0, 0.1) is 0 Å². The van der Waals surface area contributed by atoms with Crippen LogP contribution >= 0.6 is 0 Å². The van der Waals surface area contributed by atoms with E-state index < -0.39 is 0 Å². The maximum Gasteiger partial charge on any atom is 0.333 e. The standard InChI is InChI=1S/C15H18O3/c1-4-18-15(16)12(2)7-5-8-13-9-6-10-14(11-13)17-3/h5-11H,4H2,1-3H3/b8-5+,12-7+. The minimum atomic E-state index is -0.284. The third kappa shape index (κ3) is 4.45. The van der Waals surface area contributed by atoms with Gasteiger partial charge in [-0.1, -0.05) is 30.4 Å². The van der Waals surface area contributed by atoms with E-state index in [-0.39, 0.29) is 5.97 Å². The lowest BCUT2D eigenvalue weighted by Gasteiger charge is -2.00. The molecule has 0 saturated heterocycles. The summed E-state index contributed by atoms with van der Waals surface area (Å²) in [4.78, 5) is 11.3. The molecule has 96 valence electrons. The smallest absolute Gasteiger partial charge is 0.333 e. The molecule has 0 bridgehead atoms. The van der Waals surface area contributed by atoms with E-state index in [1.807, 2.05) is 36.4 Å². The summed E-state index contributed by atoms with van der Waals surface area (Å²) in [7, 11) is 1.63. The maximum absolute atomic E-state index is 11.3. The number of allylic oxidation sites excluding steroid dienone is 2. The fourth-order valence-corrected chi connectivity index (χ4v) is 1.36. The van der Waals surface area contributed by atoms with E-state index in [0.29, 0.717) is 12.2 Å². The van der Waals surface area contributed by atoms with Gasteiger partial charge in [0, 0.05) is 5.57 Å². The zero-order chi connectivity index (χ0) is 13.4. The molecule has 18 heavy (non-hydrogen) atoms. The Bertz CT molecular complexity index is 459. The van der Waals surface area contributed by atoms with Crippen LogP contribution in [0.25, 0.3) is 6.08 Å². The minimum absolute atomic E-state index is 0.284. The molecule has 1 rings (SSSR count). The predicted molar refractivity (Wildman–Crippen MR) is 72.4 cm³/mol. The van der Waals surface area contributed by atoms with Crippen molar-refractivity contribution in [2.75, 3.05) is 13.7 Å². The number of carbonyl (C=O) groups is 1. The number of esters is 1. The number of ether oxygens (including phenoxy) is 2. The van der Waals surface area contributed by atoms with Crippen LogP contribution in [-0.4, -0.2) is 19.7 Å². The summed E-state index contributed by atoms with van der Waals surface area (Å²) in [6.45, 7) is 3.91. The molecule has 0 N–H and O–H groups in total. The monoisotopic (exact) mass is 246 g/mol. The highest BCUT2D eigenvalue weighted by atomic mass is 16.5. The van der Waals surface area contributed by atoms with Gasteiger partial charge >= 0.3 is 5.97 Å². The normalized spacial score (nSPS) is 11.6. The molecule has 3 nitrogen and oxygen atoms in total. The van der Waals surface area contributed by atoms with Gasteiger partial charge in [0.2, 0.25) is 0 Å². The number of hydrogen-bond donors (Lipinski definition) is 0. The van der Waals surface area contributed by atoms with E-state index in [9.17, 15) is 4.79 Å². The van der Waals surface area contributed by atoms with Gasteiger partial charge in [0.15, 0.2) is 0 Å². The molecular weight excluding hydrogens is 228 g/mol. The van der Waals surface area contributed by atoms with Crippen molar-refractivity contribution in [3.8, 4) is 5.75 Å². The Morgan fingerprint density at radius 2 is 2.17 bits per heavy atom. The Kier molecular flexibility index (Phi) is 5.71. The van der Waals surface area contributed by atoms with Crippen molar-refractivity contribution in [1.29, 1.82) is 0 Å². The zero-order valence-corrected chi connectivity index (χ0v) is 11.0. The average molecular weight is 246 g/mol. The lowest BCUT2D eigenvalue weighted by Crippen LogP contribution is -2.04. The highest BCUT2D eigenvalue weighted by molar-refractivity contribution is 5.88. The first-order valence-corrected chi connectivity index (χ1v) is 5.83. The largest absolute Gasteiger partial charge is 0.497 e. The molecule has 0 aromatic heterocycles. The quantitative estimate of drug-likeness (QED) is 0.454. The molecule has 0 aliphatic carbocycles. The van der Waals surface area contributed by atoms with E-state index in [4.69, 9.17) is 9.47 Å². The molecule has 0 unspecified atom stereocenters. The van der Waals surface area contributed by atoms with Gasteiger partial charge in [0.1, 0.15) is 5.75 Å². The van der Waals surface area contributed by atoms with E-state index >= 15 is 0 Å². The molecule has 1 aromatic rings. The fourth-order valence-electron chi connectivity index (χ4n) is 1.36. The van der Waals surface area contributed by atoms with Gasteiger partial charge in [-0.2, -0.15) is 0 Å². The van der Waals surface area contributed by atoms with Gasteiger partial charge in [-0.15, -0.1) is 0 Å². The molecule has 0 atom stereocenters. The van der Waals surface area contributed by atoms with Crippen molar-refractivity contribution in [2.45, 2.75) is 13.8 Å². The first-order valence-electron chi connectivity index (χ1n) is 5.83. The highest BCUT2D eigenvalue weighted by Gasteiger charge is 2.01. The molecule has 0 fully saturated rings. The van der Waals surface area contributed by atoms with Gasteiger partial charge in [0.25, 0.3) is 0 Å². The summed E-state index contributed by atoms with van der Waals surface area (Å²) in [5, 5.41) is 0. The molecule has 1 aromatic carbocycles. The molecule has 0 amide bonds. The molecule has 3 heteroatoms. The number of rotatable bonds is 5. The van der Waals surface area contributed by atoms with Crippen LogP contribution in [0.15, 0.2) is 42.0 Å². The Morgan fingerprint density at radius 1 is 1.39 bits per heavy atom. The summed E-state index contributed by atoms with van der Waals surface area (Å²) in [6.07, 6.45) is 5.46. The van der Waals surface area contributed by atoms with E-state index in [0.717, 1.165) is 11.3 Å². The maximum atomic E-state index is 11.3. The summed E-state index contributed by atoms with van der Waals surface area (Å²) in [5.41, 5.74) is 1.60. The first-order chi connectivity index (χ1) is 8.67. The lowest BCUT2D eigenvalue weighted by atomic mass is 10.2. The van der Waals surface area contributed by atoms with Gasteiger partial charge in [-0.25, -0.2) is 4.79 Å². The Hall–Kier alpha value is -2.03. The molecule has 0 radical (unpaired) electrons. The summed E-state index contributed by atoms with van der Waals surface area (Å²) in [6, 6.07) is 7.69. The Labute approximate surface area is 108 Å². The predicted octanol–water partition coefficient (Wildman–Crippen LogP) is 3.22. The first kappa shape index (κ1) is 14.0. The van der Waals surface area contributed by atoms with Crippen molar-refractivity contribution in [3.05, 3.63) is 47.6 Å². The number of carbonyl (C=O) groups excluding carboxylic acids is 1. The number of hydrogen-bond acceptors (Lipinski definition) is 3. The van der Waals surface area contributed by atoms with Crippen LogP contribution in [-0.2, 0) is 9.53 Å². The van der Waals surface area contributed by atoms with Crippen LogP contribution in [0.3, 0.4) is 0 Å². The van der Waals surface area contributed by atoms with Crippen LogP contribution in [0.1, 0.15) is 19.4 Å². The topological polar surface area (TPSA) is 35.5 Å². The molecule has 0 aliphatic heterocycles. The van der Waals surface area contributed by atoms with E-state index in [1.165, 1.54) is 0 Å². The van der Waals surface area contributed by atoms with Crippen molar-refractivity contribution >= 4 is 12.0 Å². The van der Waals surface area contributed by atoms with Gasteiger partial charge in [0.05, 0.1) is 13.7 Å². The van der Waals surface area contributed by atoms with Gasteiger partial charge in [-0.3, -0.25) is 0 Å². The second-order valence-corrected chi connectivity index (χ2v) is 3.71. The highest BCUT2D eigenvalue weighted by Crippen LogP contribution is 2.13. The van der Waals surface area contributed by atoms with Crippen LogP contribution < -0.4 is 4.74 Å². The second kappa shape index (κ2) is 7.33.